The zero-order chi connectivity index (χ0) is 9.97. The number of pyridine rings is 1. The molecule has 1 heterocycles. The average Bonchev–Trinajstić information content (AvgIpc) is 2.65. The molecule has 1 saturated carbocycles. The highest BCUT2D eigenvalue weighted by molar-refractivity contribution is 5.81. The SMILES string of the molecule is COc1ccc(C2CCC(=O)C2)cn1. The van der Waals surface area contributed by atoms with E-state index in [0.29, 0.717) is 24.0 Å². The maximum Gasteiger partial charge on any atom is 0.212 e. The minimum absolute atomic E-state index is 0.366. The zero-order valence-electron chi connectivity index (χ0n) is 8.19. The molecule has 0 aromatic carbocycles. The van der Waals surface area contributed by atoms with Crippen LogP contribution in [0.5, 0.6) is 5.88 Å². The summed E-state index contributed by atoms with van der Waals surface area (Å²) in [5.41, 5.74) is 1.15. The molecular weight excluding hydrogens is 178 g/mol. The Morgan fingerprint density at radius 3 is 2.86 bits per heavy atom. The van der Waals surface area contributed by atoms with E-state index >= 15 is 0 Å². The second-order valence-electron chi connectivity index (χ2n) is 3.61. The molecular formula is C11H13NO2. The van der Waals surface area contributed by atoms with Gasteiger partial charge in [0.1, 0.15) is 5.78 Å². The number of methoxy groups -OCH3 is 1. The third kappa shape index (κ3) is 1.76. The van der Waals surface area contributed by atoms with Crippen LogP contribution >= 0.6 is 0 Å². The van der Waals surface area contributed by atoms with E-state index in [0.717, 1.165) is 18.4 Å². The van der Waals surface area contributed by atoms with Crippen LogP contribution in [0.2, 0.25) is 0 Å². The number of hydrogen-bond donors (Lipinski definition) is 0. The van der Waals surface area contributed by atoms with Gasteiger partial charge in [0.25, 0.3) is 0 Å². The molecule has 2 rings (SSSR count). The number of Topliss-reactive ketones (excluding diaryl/α,β-unsaturated/α-hetero) is 1. The van der Waals surface area contributed by atoms with Gasteiger partial charge in [0.05, 0.1) is 7.11 Å². The standard InChI is InChI=1S/C11H13NO2/c1-14-11-5-3-9(7-12-11)8-2-4-10(13)6-8/h3,5,7-8H,2,4,6H2,1H3. The number of aromatic nitrogens is 1. The predicted molar refractivity (Wildman–Crippen MR) is 52.4 cm³/mol. The molecule has 0 saturated heterocycles. The summed E-state index contributed by atoms with van der Waals surface area (Å²) in [6.07, 6.45) is 4.17. The summed E-state index contributed by atoms with van der Waals surface area (Å²) in [5, 5.41) is 0. The van der Waals surface area contributed by atoms with Gasteiger partial charge in [0, 0.05) is 25.1 Å². The number of ether oxygens (including phenoxy) is 1. The van der Waals surface area contributed by atoms with Crippen molar-refractivity contribution >= 4 is 5.78 Å². The van der Waals surface area contributed by atoms with Gasteiger partial charge in [-0.3, -0.25) is 4.79 Å². The molecule has 0 aliphatic heterocycles. The molecule has 0 spiro atoms. The van der Waals surface area contributed by atoms with Crippen LogP contribution in [0.3, 0.4) is 0 Å². The number of nitrogens with zero attached hydrogens (tertiary/aromatic N) is 1. The fourth-order valence-corrected chi connectivity index (χ4v) is 1.85. The lowest BCUT2D eigenvalue weighted by atomic mass is 10.00. The van der Waals surface area contributed by atoms with Gasteiger partial charge in [0.15, 0.2) is 0 Å². The van der Waals surface area contributed by atoms with Gasteiger partial charge < -0.3 is 4.74 Å². The molecule has 1 aromatic heterocycles. The molecule has 0 N–H and O–H groups in total. The van der Waals surface area contributed by atoms with Crippen LogP contribution in [-0.4, -0.2) is 17.9 Å². The number of carbonyl (C=O) groups is 1. The number of hydrogen-bond acceptors (Lipinski definition) is 3. The minimum atomic E-state index is 0.366. The van der Waals surface area contributed by atoms with E-state index in [1.54, 1.807) is 7.11 Å². The van der Waals surface area contributed by atoms with Crippen LogP contribution < -0.4 is 4.74 Å². The van der Waals surface area contributed by atoms with Crippen LogP contribution in [-0.2, 0) is 4.79 Å². The molecule has 1 unspecified atom stereocenters. The maximum atomic E-state index is 11.1. The normalized spacial score (nSPS) is 21.2. The van der Waals surface area contributed by atoms with E-state index < -0.39 is 0 Å². The number of carbonyl (C=O) groups excluding carboxylic acids is 1. The zero-order valence-corrected chi connectivity index (χ0v) is 8.19. The monoisotopic (exact) mass is 191 g/mol. The molecule has 1 aliphatic rings. The molecule has 74 valence electrons. The molecule has 1 atom stereocenters. The molecule has 3 nitrogen and oxygen atoms in total. The summed E-state index contributed by atoms with van der Waals surface area (Å²) in [4.78, 5) is 15.2. The summed E-state index contributed by atoms with van der Waals surface area (Å²) in [6, 6.07) is 3.84. The first-order chi connectivity index (χ1) is 6.79. The fraction of sp³-hybridized carbons (Fsp3) is 0.455. The van der Waals surface area contributed by atoms with E-state index in [4.69, 9.17) is 4.74 Å². The van der Waals surface area contributed by atoms with Gasteiger partial charge in [-0.15, -0.1) is 0 Å². The van der Waals surface area contributed by atoms with Crippen LogP contribution in [0, 0.1) is 0 Å². The van der Waals surface area contributed by atoms with Crippen molar-refractivity contribution in [2.24, 2.45) is 0 Å². The number of ketones is 1. The van der Waals surface area contributed by atoms with Crippen molar-refractivity contribution in [1.82, 2.24) is 4.98 Å². The summed E-state index contributed by atoms with van der Waals surface area (Å²) < 4.78 is 4.97. The quantitative estimate of drug-likeness (QED) is 0.717. The van der Waals surface area contributed by atoms with Crippen LogP contribution in [0.15, 0.2) is 18.3 Å². The molecule has 3 heteroatoms. The van der Waals surface area contributed by atoms with Gasteiger partial charge in [-0.2, -0.15) is 0 Å². The van der Waals surface area contributed by atoms with Gasteiger partial charge >= 0.3 is 0 Å². The lowest BCUT2D eigenvalue weighted by Gasteiger charge is -2.07. The summed E-state index contributed by atoms with van der Waals surface area (Å²) in [7, 11) is 1.60. The molecule has 0 amide bonds. The van der Waals surface area contributed by atoms with Crippen molar-refractivity contribution in [1.29, 1.82) is 0 Å². The Morgan fingerprint density at radius 1 is 1.50 bits per heavy atom. The van der Waals surface area contributed by atoms with E-state index in [-0.39, 0.29) is 0 Å². The van der Waals surface area contributed by atoms with E-state index in [1.165, 1.54) is 0 Å². The smallest absolute Gasteiger partial charge is 0.212 e. The van der Waals surface area contributed by atoms with Crippen LogP contribution in [0.1, 0.15) is 30.7 Å². The Kier molecular flexibility index (Phi) is 2.48. The van der Waals surface area contributed by atoms with Crippen molar-refractivity contribution in [2.45, 2.75) is 25.2 Å². The minimum Gasteiger partial charge on any atom is -0.481 e. The third-order valence-corrected chi connectivity index (χ3v) is 2.69. The van der Waals surface area contributed by atoms with Gasteiger partial charge in [-0.1, -0.05) is 6.07 Å². The van der Waals surface area contributed by atoms with Gasteiger partial charge in [-0.05, 0) is 17.9 Å². The lowest BCUT2D eigenvalue weighted by Crippen LogP contribution is -1.96. The second kappa shape index (κ2) is 3.78. The lowest BCUT2D eigenvalue weighted by molar-refractivity contribution is -0.117. The van der Waals surface area contributed by atoms with Crippen molar-refractivity contribution in [3.8, 4) is 5.88 Å². The molecule has 0 radical (unpaired) electrons. The molecule has 0 bridgehead atoms. The summed E-state index contributed by atoms with van der Waals surface area (Å²) in [6.45, 7) is 0. The van der Waals surface area contributed by atoms with Crippen molar-refractivity contribution < 1.29 is 9.53 Å². The van der Waals surface area contributed by atoms with E-state index in [9.17, 15) is 4.79 Å². The topological polar surface area (TPSA) is 39.2 Å². The Labute approximate surface area is 83.1 Å². The first-order valence-corrected chi connectivity index (χ1v) is 4.81. The van der Waals surface area contributed by atoms with Crippen LogP contribution in [0.25, 0.3) is 0 Å². The maximum absolute atomic E-state index is 11.1. The Hall–Kier alpha value is -1.38. The Balaban J connectivity index is 2.13. The summed E-state index contributed by atoms with van der Waals surface area (Å²) in [5.74, 6) is 1.37. The molecule has 14 heavy (non-hydrogen) atoms. The Bertz CT molecular complexity index is 332. The van der Waals surface area contributed by atoms with Crippen LogP contribution in [0.4, 0.5) is 0 Å². The molecule has 1 aromatic rings. The van der Waals surface area contributed by atoms with Gasteiger partial charge in [-0.25, -0.2) is 4.98 Å². The fourth-order valence-electron chi connectivity index (χ4n) is 1.85. The van der Waals surface area contributed by atoms with E-state index in [2.05, 4.69) is 4.98 Å². The number of rotatable bonds is 2. The average molecular weight is 191 g/mol. The van der Waals surface area contributed by atoms with E-state index in [1.807, 2.05) is 18.3 Å². The largest absolute Gasteiger partial charge is 0.481 e. The van der Waals surface area contributed by atoms with Crippen molar-refractivity contribution in [3.63, 3.8) is 0 Å². The Morgan fingerprint density at radius 2 is 2.36 bits per heavy atom. The van der Waals surface area contributed by atoms with Crippen molar-refractivity contribution in [2.75, 3.05) is 7.11 Å². The second-order valence-corrected chi connectivity index (χ2v) is 3.61. The summed E-state index contributed by atoms with van der Waals surface area (Å²) >= 11 is 0. The first-order valence-electron chi connectivity index (χ1n) is 4.81. The van der Waals surface area contributed by atoms with Crippen molar-refractivity contribution in [3.05, 3.63) is 23.9 Å². The molecule has 1 fully saturated rings. The van der Waals surface area contributed by atoms with Gasteiger partial charge in [0.2, 0.25) is 5.88 Å². The highest BCUT2D eigenvalue weighted by Gasteiger charge is 2.23. The first kappa shape index (κ1) is 9.19. The molecule has 1 aliphatic carbocycles. The highest BCUT2D eigenvalue weighted by atomic mass is 16.5. The highest BCUT2D eigenvalue weighted by Crippen LogP contribution is 2.31. The predicted octanol–water partition coefficient (Wildman–Crippen LogP) is 1.93. The third-order valence-electron chi connectivity index (χ3n) is 2.69.